The Morgan fingerprint density at radius 1 is 1.07 bits per heavy atom. The number of aromatic nitrogens is 1. The van der Waals surface area contributed by atoms with Gasteiger partial charge < -0.3 is 19.5 Å². The van der Waals surface area contributed by atoms with Crippen LogP contribution in [-0.2, 0) is 21.4 Å². The van der Waals surface area contributed by atoms with Crippen molar-refractivity contribution in [1.82, 2.24) is 8.87 Å². The van der Waals surface area contributed by atoms with E-state index in [4.69, 9.17) is 4.74 Å². The molecule has 2 fully saturated rings. The molecule has 212 valence electrons. The van der Waals surface area contributed by atoms with Crippen molar-refractivity contribution in [2.45, 2.75) is 81.1 Å². The third kappa shape index (κ3) is 3.92. The van der Waals surface area contributed by atoms with Gasteiger partial charge in [-0.15, -0.1) is 0 Å². The number of carboxylic acid groups (broad SMARTS) is 1. The van der Waals surface area contributed by atoms with Crippen LogP contribution in [0.25, 0.3) is 10.9 Å². The van der Waals surface area contributed by atoms with Crippen molar-refractivity contribution in [2.75, 3.05) is 20.2 Å². The molecule has 2 aromatic rings. The lowest BCUT2D eigenvalue weighted by atomic mass is 9.83. The summed E-state index contributed by atoms with van der Waals surface area (Å²) < 4.78 is 38.0. The molecule has 2 aliphatic heterocycles. The number of piperidine rings is 1. The average Bonchev–Trinajstić information content (AvgIpc) is 3.59. The Hall–Kier alpha value is -2.88. The van der Waals surface area contributed by atoms with Gasteiger partial charge in [-0.2, -0.15) is 0 Å². The van der Waals surface area contributed by atoms with Gasteiger partial charge in [0.05, 0.1) is 29.6 Å². The SMILES string of the molecule is COc1ccc(C2CCCCC2)c2c1cc1n2CC2=C(C(=O)O)C2=C2C=CC[C@@H](S(=O)(=O)N3CCC(O)CC3)C21. The Morgan fingerprint density at radius 3 is 2.52 bits per heavy atom. The van der Waals surface area contributed by atoms with Gasteiger partial charge in [0, 0.05) is 36.6 Å². The Labute approximate surface area is 234 Å². The van der Waals surface area contributed by atoms with Gasteiger partial charge in [0.15, 0.2) is 0 Å². The quantitative estimate of drug-likeness (QED) is 0.550. The molecule has 3 aliphatic carbocycles. The minimum absolute atomic E-state index is 0.300. The van der Waals surface area contributed by atoms with Crippen LogP contribution >= 0.6 is 0 Å². The molecular weight excluding hydrogens is 528 g/mol. The van der Waals surface area contributed by atoms with Crippen LogP contribution in [0.5, 0.6) is 5.75 Å². The summed E-state index contributed by atoms with van der Waals surface area (Å²) in [6.45, 7) is 1.02. The van der Waals surface area contributed by atoms with E-state index in [9.17, 15) is 23.4 Å². The fourth-order valence-corrected chi connectivity index (χ4v) is 9.87. The number of carboxylic acids is 1. The number of hydrogen-bond acceptors (Lipinski definition) is 5. The van der Waals surface area contributed by atoms with Crippen LogP contribution in [0.15, 0.2) is 52.6 Å². The number of allylic oxidation sites excluding steroid dienone is 4. The topological polar surface area (TPSA) is 109 Å². The Morgan fingerprint density at radius 2 is 1.82 bits per heavy atom. The number of rotatable bonds is 5. The largest absolute Gasteiger partial charge is 0.496 e. The minimum atomic E-state index is -3.74. The number of ether oxygens (including phenoxy) is 1. The van der Waals surface area contributed by atoms with E-state index in [0.717, 1.165) is 51.9 Å². The smallest absolute Gasteiger partial charge is 0.336 e. The van der Waals surface area contributed by atoms with Gasteiger partial charge in [0.25, 0.3) is 0 Å². The maximum atomic E-state index is 14.2. The summed E-state index contributed by atoms with van der Waals surface area (Å²) in [5.74, 6) is -0.291. The summed E-state index contributed by atoms with van der Waals surface area (Å²) >= 11 is 0. The van der Waals surface area contributed by atoms with Crippen molar-refractivity contribution in [3.8, 4) is 5.75 Å². The summed E-state index contributed by atoms with van der Waals surface area (Å²) in [6.07, 6.45) is 10.4. The first kappa shape index (κ1) is 26.0. The summed E-state index contributed by atoms with van der Waals surface area (Å²) in [7, 11) is -2.08. The molecule has 5 aliphatic rings. The summed E-state index contributed by atoms with van der Waals surface area (Å²) in [4.78, 5) is 12.3. The molecular formula is C31H36N2O6S. The van der Waals surface area contributed by atoms with Crippen LogP contribution in [0.1, 0.15) is 74.5 Å². The van der Waals surface area contributed by atoms with Crippen LogP contribution in [0.3, 0.4) is 0 Å². The zero-order chi connectivity index (χ0) is 27.8. The Balaban J connectivity index is 1.44. The second-order valence-corrected chi connectivity index (χ2v) is 14.1. The summed E-state index contributed by atoms with van der Waals surface area (Å²) in [5.41, 5.74) is 5.87. The standard InChI is InChI=1S/C31H36N2O6S/c1-39-25-11-10-20(18-6-3-2-4-7-18)30-22(25)16-24-28-21(27-23(17-33(24)30)29(27)31(35)36)8-5-9-26(28)40(37,38)32-14-12-19(34)13-15-32/h5,8,10-11,16,18-19,26,28,34H,2-4,6-7,9,12-15,17H2,1H3,(H,35,36)/t26-,28?/m1/s1. The highest BCUT2D eigenvalue weighted by molar-refractivity contribution is 7.89. The first-order valence-corrected chi connectivity index (χ1v) is 16.1. The van der Waals surface area contributed by atoms with Crippen LogP contribution in [0, 0.1) is 0 Å². The van der Waals surface area contributed by atoms with E-state index in [0.29, 0.717) is 50.4 Å². The Kier molecular flexibility index (Phi) is 6.25. The predicted molar refractivity (Wildman–Crippen MR) is 152 cm³/mol. The van der Waals surface area contributed by atoms with Gasteiger partial charge in [0.2, 0.25) is 10.0 Å². The number of carbonyl (C=O) groups is 1. The number of methoxy groups -OCH3 is 1. The van der Waals surface area contributed by atoms with E-state index >= 15 is 0 Å². The Bertz CT molecular complexity index is 1600. The molecule has 0 spiro atoms. The molecule has 3 heterocycles. The van der Waals surface area contributed by atoms with Crippen molar-refractivity contribution >= 4 is 26.9 Å². The van der Waals surface area contributed by atoms with Gasteiger partial charge in [-0.05, 0) is 72.4 Å². The second kappa shape index (κ2) is 9.60. The molecule has 2 atom stereocenters. The van der Waals surface area contributed by atoms with Crippen LogP contribution in [-0.4, -0.2) is 65.0 Å². The fourth-order valence-electron chi connectivity index (χ4n) is 7.79. The molecule has 1 aromatic carbocycles. The monoisotopic (exact) mass is 564 g/mol. The average molecular weight is 565 g/mol. The number of sulfonamides is 1. The van der Waals surface area contributed by atoms with Gasteiger partial charge in [0.1, 0.15) is 5.75 Å². The lowest BCUT2D eigenvalue weighted by Crippen LogP contribution is -2.47. The van der Waals surface area contributed by atoms with E-state index in [2.05, 4.69) is 16.7 Å². The number of aliphatic carboxylic acids is 1. The third-order valence-corrected chi connectivity index (χ3v) is 12.1. The molecule has 8 nitrogen and oxygen atoms in total. The van der Waals surface area contributed by atoms with Gasteiger partial charge >= 0.3 is 5.97 Å². The number of aliphatic hydroxyl groups is 1. The van der Waals surface area contributed by atoms with Gasteiger partial charge in [-0.3, -0.25) is 0 Å². The van der Waals surface area contributed by atoms with Crippen molar-refractivity contribution in [1.29, 1.82) is 0 Å². The van der Waals surface area contributed by atoms with Crippen LogP contribution < -0.4 is 4.74 Å². The molecule has 1 aromatic heterocycles. The number of aliphatic hydroxyl groups excluding tert-OH is 1. The van der Waals surface area contributed by atoms with Crippen molar-refractivity contribution in [3.05, 3.63) is 63.9 Å². The molecule has 2 N–H and O–H groups in total. The maximum absolute atomic E-state index is 14.2. The number of benzene rings is 1. The molecule has 0 amide bonds. The molecule has 9 heteroatoms. The second-order valence-electron chi connectivity index (χ2n) is 11.9. The molecule has 1 saturated heterocycles. The molecule has 1 saturated carbocycles. The summed E-state index contributed by atoms with van der Waals surface area (Å²) in [5, 5.41) is 20.3. The van der Waals surface area contributed by atoms with Crippen LogP contribution in [0.4, 0.5) is 0 Å². The molecule has 0 radical (unpaired) electrons. The van der Waals surface area contributed by atoms with Crippen molar-refractivity contribution in [3.63, 3.8) is 0 Å². The van der Waals surface area contributed by atoms with E-state index in [1.807, 2.05) is 18.2 Å². The van der Waals surface area contributed by atoms with Crippen molar-refractivity contribution in [2.24, 2.45) is 0 Å². The molecule has 1 unspecified atom stereocenters. The first-order chi connectivity index (χ1) is 19.3. The number of fused-ring (bicyclic) bond motifs is 6. The zero-order valence-corrected chi connectivity index (χ0v) is 23.6. The molecule has 7 rings (SSSR count). The van der Waals surface area contributed by atoms with Gasteiger partial charge in [-0.25, -0.2) is 17.5 Å². The fraction of sp³-hybridized carbons (Fsp3) is 0.516. The lowest BCUT2D eigenvalue weighted by molar-refractivity contribution is -0.132. The lowest BCUT2D eigenvalue weighted by Gasteiger charge is -2.37. The van der Waals surface area contributed by atoms with Crippen LogP contribution in [0.2, 0.25) is 0 Å². The highest BCUT2D eigenvalue weighted by atomic mass is 32.2. The van der Waals surface area contributed by atoms with Crippen molar-refractivity contribution < 1.29 is 28.2 Å². The first-order valence-electron chi connectivity index (χ1n) is 14.6. The van der Waals surface area contributed by atoms with E-state index in [1.165, 1.54) is 29.1 Å². The summed E-state index contributed by atoms with van der Waals surface area (Å²) in [6, 6.07) is 6.30. The zero-order valence-electron chi connectivity index (χ0n) is 22.8. The third-order valence-electron chi connectivity index (χ3n) is 9.81. The number of hydrogen-bond donors (Lipinski definition) is 2. The normalized spacial score (nSPS) is 25.9. The van der Waals surface area contributed by atoms with E-state index < -0.39 is 33.3 Å². The number of nitrogens with zero attached hydrogens (tertiary/aromatic N) is 2. The minimum Gasteiger partial charge on any atom is -0.496 e. The predicted octanol–water partition coefficient (Wildman–Crippen LogP) is 4.60. The molecule has 40 heavy (non-hydrogen) atoms. The van der Waals surface area contributed by atoms with Gasteiger partial charge in [-0.1, -0.05) is 37.5 Å². The highest BCUT2D eigenvalue weighted by Crippen LogP contribution is 2.55. The highest BCUT2D eigenvalue weighted by Gasteiger charge is 2.49. The van der Waals surface area contributed by atoms with E-state index in [-0.39, 0.29) is 0 Å². The molecule has 0 bridgehead atoms. The van der Waals surface area contributed by atoms with E-state index in [1.54, 1.807) is 7.11 Å². The maximum Gasteiger partial charge on any atom is 0.336 e.